The molecule has 0 aliphatic rings. The zero-order valence-electron chi connectivity index (χ0n) is 14.7. The Bertz CT molecular complexity index is 943. The molecule has 0 aliphatic carbocycles. The van der Waals surface area contributed by atoms with E-state index in [-0.39, 0.29) is 6.04 Å². The van der Waals surface area contributed by atoms with Gasteiger partial charge in [-0.15, -0.1) is 0 Å². The molecule has 0 saturated carbocycles. The number of pyridine rings is 1. The Morgan fingerprint density at radius 2 is 2.07 bits per heavy atom. The van der Waals surface area contributed by atoms with Gasteiger partial charge in [0, 0.05) is 30.6 Å². The minimum Gasteiger partial charge on any atom is -0.364 e. The number of hydrogen-bond donors (Lipinski definition) is 2. The molecule has 0 spiro atoms. The molecule has 3 heterocycles. The topological polar surface area (TPSA) is 89.6 Å². The van der Waals surface area contributed by atoms with Gasteiger partial charge in [-0.05, 0) is 36.6 Å². The summed E-state index contributed by atoms with van der Waals surface area (Å²) in [4.78, 5) is 15.5. The smallest absolute Gasteiger partial charge is 0.364 e. The summed E-state index contributed by atoms with van der Waals surface area (Å²) in [5.41, 5.74) is 7.94. The van der Waals surface area contributed by atoms with Crippen molar-refractivity contribution in [3.05, 3.63) is 70.6 Å². The van der Waals surface area contributed by atoms with Gasteiger partial charge in [-0.2, -0.15) is 18.3 Å². The summed E-state index contributed by atoms with van der Waals surface area (Å²) in [6.45, 7) is 3.67. The summed E-state index contributed by atoms with van der Waals surface area (Å²) >= 11 is 0. The van der Waals surface area contributed by atoms with Crippen LogP contribution in [0.15, 0.2) is 36.9 Å². The molecule has 142 valence electrons. The zero-order chi connectivity index (χ0) is 19.8. The molecule has 1 unspecified atom stereocenters. The van der Waals surface area contributed by atoms with Crippen molar-refractivity contribution in [1.82, 2.24) is 19.7 Å². The third kappa shape index (κ3) is 3.71. The fourth-order valence-corrected chi connectivity index (χ4v) is 3.04. The van der Waals surface area contributed by atoms with E-state index in [4.69, 9.17) is 5.73 Å². The van der Waals surface area contributed by atoms with Gasteiger partial charge < -0.3 is 10.3 Å². The molecule has 0 radical (unpaired) electrons. The molecule has 9 heteroatoms. The monoisotopic (exact) mass is 377 g/mol. The minimum atomic E-state index is -4.48. The highest BCUT2D eigenvalue weighted by Crippen LogP contribution is 2.29. The Labute approximate surface area is 153 Å². The van der Waals surface area contributed by atoms with Crippen molar-refractivity contribution in [1.29, 1.82) is 0 Å². The molecular formula is C18H18F3N5O. The SMILES string of the molecule is Cc1c(Cc2ccc(C(F)(F)F)nc2)cn(C(C)c2cn[nH]c2)c1C(N)=O. The second-order valence-corrected chi connectivity index (χ2v) is 6.33. The zero-order valence-corrected chi connectivity index (χ0v) is 14.7. The number of nitrogens with zero attached hydrogens (tertiary/aromatic N) is 3. The Kier molecular flexibility index (Phi) is 4.77. The van der Waals surface area contributed by atoms with Crippen molar-refractivity contribution >= 4 is 5.91 Å². The first kappa shape index (κ1) is 18.7. The van der Waals surface area contributed by atoms with Gasteiger partial charge in [0.1, 0.15) is 11.4 Å². The van der Waals surface area contributed by atoms with Gasteiger partial charge in [0.25, 0.3) is 5.91 Å². The van der Waals surface area contributed by atoms with Crippen LogP contribution in [-0.4, -0.2) is 25.7 Å². The van der Waals surface area contributed by atoms with Gasteiger partial charge in [0.05, 0.1) is 12.2 Å². The predicted molar refractivity (Wildman–Crippen MR) is 92.1 cm³/mol. The number of rotatable bonds is 5. The van der Waals surface area contributed by atoms with Gasteiger partial charge in [0.15, 0.2) is 0 Å². The van der Waals surface area contributed by atoms with Crippen LogP contribution < -0.4 is 5.73 Å². The van der Waals surface area contributed by atoms with Crippen molar-refractivity contribution in [3.63, 3.8) is 0 Å². The average molecular weight is 377 g/mol. The van der Waals surface area contributed by atoms with Gasteiger partial charge in [-0.3, -0.25) is 14.9 Å². The predicted octanol–water partition coefficient (Wildman–Crippen LogP) is 3.23. The number of amides is 1. The molecule has 6 nitrogen and oxygen atoms in total. The summed E-state index contributed by atoms with van der Waals surface area (Å²) in [5.74, 6) is -0.570. The number of H-pyrrole nitrogens is 1. The molecule has 0 saturated heterocycles. The van der Waals surface area contributed by atoms with Crippen LogP contribution in [0.3, 0.4) is 0 Å². The number of carbonyl (C=O) groups is 1. The molecule has 1 atom stereocenters. The maximum Gasteiger partial charge on any atom is 0.433 e. The van der Waals surface area contributed by atoms with Crippen LogP contribution in [0.1, 0.15) is 51.4 Å². The molecule has 3 N–H and O–H groups in total. The Balaban J connectivity index is 1.94. The summed E-state index contributed by atoms with van der Waals surface area (Å²) in [5, 5.41) is 6.64. The van der Waals surface area contributed by atoms with Crippen LogP contribution in [0.25, 0.3) is 0 Å². The van der Waals surface area contributed by atoms with Gasteiger partial charge in [-0.1, -0.05) is 6.07 Å². The van der Waals surface area contributed by atoms with Crippen LogP contribution in [0, 0.1) is 6.92 Å². The maximum absolute atomic E-state index is 12.7. The normalized spacial score (nSPS) is 12.9. The molecule has 3 aromatic heterocycles. The molecule has 27 heavy (non-hydrogen) atoms. The number of carbonyl (C=O) groups excluding carboxylic acids is 1. The summed E-state index contributed by atoms with van der Waals surface area (Å²) in [6.07, 6.45) is 2.24. The number of nitrogens with one attached hydrogen (secondary N) is 1. The highest BCUT2D eigenvalue weighted by atomic mass is 19.4. The highest BCUT2D eigenvalue weighted by molar-refractivity contribution is 5.93. The van der Waals surface area contributed by atoms with E-state index in [1.807, 2.05) is 6.92 Å². The van der Waals surface area contributed by atoms with Crippen LogP contribution in [0.4, 0.5) is 13.2 Å². The summed E-state index contributed by atoms with van der Waals surface area (Å²) in [7, 11) is 0. The van der Waals surface area contributed by atoms with E-state index in [0.717, 1.165) is 17.2 Å². The van der Waals surface area contributed by atoms with E-state index in [1.54, 1.807) is 30.1 Å². The van der Waals surface area contributed by atoms with Crippen molar-refractivity contribution in [2.75, 3.05) is 0 Å². The second kappa shape index (κ2) is 6.90. The van der Waals surface area contributed by atoms with E-state index >= 15 is 0 Å². The van der Waals surface area contributed by atoms with E-state index in [1.165, 1.54) is 12.3 Å². The molecule has 0 aliphatic heterocycles. The highest BCUT2D eigenvalue weighted by Gasteiger charge is 2.32. The molecule has 1 amide bonds. The molecule has 3 rings (SSSR count). The second-order valence-electron chi connectivity index (χ2n) is 6.33. The lowest BCUT2D eigenvalue weighted by molar-refractivity contribution is -0.141. The maximum atomic E-state index is 12.7. The standard InChI is InChI=1S/C18H18F3N5O/c1-10-13(5-12-3-4-15(23-6-12)18(19,20)21)9-26(16(10)17(22)27)11(2)14-7-24-25-8-14/h3-4,6-9,11H,5H2,1-2H3,(H2,22,27)(H,24,25). The quantitative estimate of drug-likeness (QED) is 0.715. The lowest BCUT2D eigenvalue weighted by atomic mass is 10.0. The number of aromatic amines is 1. The van der Waals surface area contributed by atoms with Crippen molar-refractivity contribution in [3.8, 4) is 0 Å². The van der Waals surface area contributed by atoms with E-state index in [9.17, 15) is 18.0 Å². The van der Waals surface area contributed by atoms with Crippen molar-refractivity contribution in [2.45, 2.75) is 32.5 Å². The lowest BCUT2D eigenvalue weighted by Crippen LogP contribution is -2.20. The van der Waals surface area contributed by atoms with Gasteiger partial charge >= 0.3 is 6.18 Å². The Hall–Kier alpha value is -3.10. The van der Waals surface area contributed by atoms with E-state index in [0.29, 0.717) is 23.2 Å². The number of halogens is 3. The lowest BCUT2D eigenvalue weighted by Gasteiger charge is -2.14. The molecule has 0 fully saturated rings. The van der Waals surface area contributed by atoms with Gasteiger partial charge in [-0.25, -0.2) is 0 Å². The fourth-order valence-electron chi connectivity index (χ4n) is 3.04. The molecule has 3 aromatic rings. The molecule has 0 aromatic carbocycles. The Morgan fingerprint density at radius 1 is 1.33 bits per heavy atom. The number of nitrogens with two attached hydrogens (primary N) is 1. The summed E-state index contributed by atoms with van der Waals surface area (Å²) in [6, 6.07) is 2.14. The number of primary amides is 1. The first-order chi connectivity index (χ1) is 12.7. The largest absolute Gasteiger partial charge is 0.433 e. The summed E-state index contributed by atoms with van der Waals surface area (Å²) < 4.78 is 39.7. The third-order valence-corrected chi connectivity index (χ3v) is 4.55. The first-order valence-corrected chi connectivity index (χ1v) is 8.19. The van der Waals surface area contributed by atoms with Crippen LogP contribution in [-0.2, 0) is 12.6 Å². The minimum absolute atomic E-state index is 0.190. The van der Waals surface area contributed by atoms with Crippen molar-refractivity contribution < 1.29 is 18.0 Å². The van der Waals surface area contributed by atoms with Gasteiger partial charge in [0.2, 0.25) is 0 Å². The number of alkyl halides is 3. The van der Waals surface area contributed by atoms with E-state index < -0.39 is 17.8 Å². The van der Waals surface area contributed by atoms with Crippen LogP contribution >= 0.6 is 0 Å². The van der Waals surface area contributed by atoms with Crippen molar-refractivity contribution in [2.24, 2.45) is 5.73 Å². The molecule has 0 bridgehead atoms. The fraction of sp³-hybridized carbons (Fsp3) is 0.278. The third-order valence-electron chi connectivity index (χ3n) is 4.55. The average Bonchev–Trinajstić information content (AvgIpc) is 3.23. The Morgan fingerprint density at radius 3 is 2.59 bits per heavy atom. The first-order valence-electron chi connectivity index (χ1n) is 8.19. The van der Waals surface area contributed by atoms with Crippen LogP contribution in [0.5, 0.6) is 0 Å². The number of aromatic nitrogens is 4. The van der Waals surface area contributed by atoms with E-state index in [2.05, 4.69) is 15.2 Å². The molecular weight excluding hydrogens is 359 g/mol. The number of hydrogen-bond acceptors (Lipinski definition) is 3. The van der Waals surface area contributed by atoms with Crippen LogP contribution in [0.2, 0.25) is 0 Å².